The van der Waals surface area contributed by atoms with Crippen LogP contribution in [0.4, 0.5) is 5.69 Å². The number of sulfonamides is 1. The highest BCUT2D eigenvalue weighted by atomic mass is 32.2. The third-order valence-corrected chi connectivity index (χ3v) is 4.74. The quantitative estimate of drug-likeness (QED) is 0.806. The van der Waals surface area contributed by atoms with Crippen LogP contribution < -0.4 is 10.5 Å². The Balaban J connectivity index is 2.97. The summed E-state index contributed by atoms with van der Waals surface area (Å²) in [6.45, 7) is 8.28. The van der Waals surface area contributed by atoms with Gasteiger partial charge in [0.2, 0.25) is 10.0 Å². The van der Waals surface area contributed by atoms with E-state index in [0.717, 1.165) is 6.42 Å². The van der Waals surface area contributed by atoms with Crippen molar-refractivity contribution in [1.29, 1.82) is 0 Å². The fourth-order valence-electron chi connectivity index (χ4n) is 1.40. The number of rotatable bonds is 5. The molecule has 1 rings (SSSR count). The summed E-state index contributed by atoms with van der Waals surface area (Å²) < 4.78 is 27.1. The number of nitrogens with two attached hydrogens (primary N) is 1. The molecule has 0 saturated carbocycles. The lowest BCUT2D eigenvalue weighted by Gasteiger charge is -2.23. The molecule has 0 heterocycles. The third kappa shape index (κ3) is 3.71. The molecule has 0 unspecified atom stereocenters. The van der Waals surface area contributed by atoms with Crippen LogP contribution in [0.15, 0.2) is 23.1 Å². The molecule has 0 aliphatic heterocycles. The molecule has 0 atom stereocenters. The van der Waals surface area contributed by atoms with E-state index < -0.39 is 10.0 Å². The number of hydrogen-bond donors (Lipinski definition) is 2. The van der Waals surface area contributed by atoms with Gasteiger partial charge in [0.25, 0.3) is 0 Å². The fraction of sp³-hybridized carbons (Fsp3) is 0.538. The molecule has 0 aliphatic carbocycles. The SMILES string of the molecule is CCC(C)(C)CNS(=O)(=O)c1cc(N)ccc1C. The Morgan fingerprint density at radius 3 is 2.50 bits per heavy atom. The number of nitrogen functional groups attached to an aromatic ring is 1. The predicted molar refractivity (Wildman–Crippen MR) is 74.9 cm³/mol. The van der Waals surface area contributed by atoms with Crippen LogP contribution in [-0.4, -0.2) is 15.0 Å². The van der Waals surface area contributed by atoms with Crippen molar-refractivity contribution in [3.63, 3.8) is 0 Å². The maximum Gasteiger partial charge on any atom is 0.240 e. The summed E-state index contributed by atoms with van der Waals surface area (Å²) in [6, 6.07) is 4.91. The molecule has 0 aliphatic rings. The molecule has 1 aromatic carbocycles. The normalized spacial score (nSPS) is 12.7. The van der Waals surface area contributed by atoms with E-state index in [0.29, 0.717) is 17.8 Å². The molecular weight excluding hydrogens is 248 g/mol. The van der Waals surface area contributed by atoms with Crippen molar-refractivity contribution in [3.05, 3.63) is 23.8 Å². The van der Waals surface area contributed by atoms with Crippen LogP contribution in [0.1, 0.15) is 32.8 Å². The van der Waals surface area contributed by atoms with Gasteiger partial charge in [-0.05, 0) is 36.5 Å². The Kier molecular flexibility index (Phi) is 4.40. The van der Waals surface area contributed by atoms with E-state index in [2.05, 4.69) is 4.72 Å². The van der Waals surface area contributed by atoms with E-state index in [-0.39, 0.29) is 10.3 Å². The second-order valence-corrected chi connectivity index (χ2v) is 7.10. The maximum absolute atomic E-state index is 12.2. The highest BCUT2D eigenvalue weighted by molar-refractivity contribution is 7.89. The molecule has 18 heavy (non-hydrogen) atoms. The van der Waals surface area contributed by atoms with E-state index in [4.69, 9.17) is 5.73 Å². The van der Waals surface area contributed by atoms with Crippen LogP contribution in [0, 0.1) is 12.3 Å². The Bertz CT molecular complexity index is 522. The molecule has 0 amide bonds. The summed E-state index contributed by atoms with van der Waals surface area (Å²) in [5.41, 5.74) is 6.74. The lowest BCUT2D eigenvalue weighted by Crippen LogP contribution is -2.34. The van der Waals surface area contributed by atoms with Gasteiger partial charge in [-0.15, -0.1) is 0 Å². The van der Waals surface area contributed by atoms with Crippen LogP contribution in [0.25, 0.3) is 0 Å². The van der Waals surface area contributed by atoms with Crippen LogP contribution in [0.2, 0.25) is 0 Å². The monoisotopic (exact) mass is 270 g/mol. The van der Waals surface area contributed by atoms with Crippen molar-refractivity contribution in [2.24, 2.45) is 5.41 Å². The number of hydrogen-bond acceptors (Lipinski definition) is 3. The molecule has 0 aromatic heterocycles. The van der Waals surface area contributed by atoms with Gasteiger partial charge in [0.15, 0.2) is 0 Å². The van der Waals surface area contributed by atoms with Crippen LogP contribution >= 0.6 is 0 Å². The van der Waals surface area contributed by atoms with Crippen molar-refractivity contribution < 1.29 is 8.42 Å². The third-order valence-electron chi connectivity index (χ3n) is 3.20. The summed E-state index contributed by atoms with van der Waals surface area (Å²) in [7, 11) is -3.49. The van der Waals surface area contributed by atoms with Crippen LogP contribution in [-0.2, 0) is 10.0 Å². The zero-order valence-corrected chi connectivity index (χ0v) is 12.3. The van der Waals surface area contributed by atoms with Crippen molar-refractivity contribution in [2.75, 3.05) is 12.3 Å². The minimum Gasteiger partial charge on any atom is -0.399 e. The maximum atomic E-state index is 12.2. The Hall–Kier alpha value is -1.07. The van der Waals surface area contributed by atoms with Crippen LogP contribution in [0.3, 0.4) is 0 Å². The molecule has 0 fully saturated rings. The Labute approximate surface area is 110 Å². The lowest BCUT2D eigenvalue weighted by atomic mass is 9.91. The van der Waals surface area contributed by atoms with Crippen molar-refractivity contribution >= 4 is 15.7 Å². The van der Waals surface area contributed by atoms with E-state index in [9.17, 15) is 8.42 Å². The summed E-state index contributed by atoms with van der Waals surface area (Å²) in [4.78, 5) is 0.259. The zero-order chi connectivity index (χ0) is 14.0. The number of anilines is 1. The highest BCUT2D eigenvalue weighted by Crippen LogP contribution is 2.21. The van der Waals surface area contributed by atoms with Gasteiger partial charge in [-0.2, -0.15) is 0 Å². The summed E-state index contributed by atoms with van der Waals surface area (Å²) in [5, 5.41) is 0. The number of aryl methyl sites for hydroxylation is 1. The second kappa shape index (κ2) is 5.28. The smallest absolute Gasteiger partial charge is 0.240 e. The summed E-state index contributed by atoms with van der Waals surface area (Å²) >= 11 is 0. The average molecular weight is 270 g/mol. The largest absolute Gasteiger partial charge is 0.399 e. The Morgan fingerprint density at radius 1 is 1.33 bits per heavy atom. The standard InChI is InChI=1S/C13H22N2O2S/c1-5-13(3,4)9-15-18(16,17)12-8-11(14)7-6-10(12)2/h6-8,15H,5,9,14H2,1-4H3. The lowest BCUT2D eigenvalue weighted by molar-refractivity contribution is 0.350. The molecule has 5 heteroatoms. The van der Waals surface area contributed by atoms with Crippen LogP contribution in [0.5, 0.6) is 0 Å². The minimum atomic E-state index is -3.49. The molecule has 1 aromatic rings. The summed E-state index contributed by atoms with van der Waals surface area (Å²) in [5.74, 6) is 0. The Morgan fingerprint density at radius 2 is 1.94 bits per heavy atom. The van der Waals surface area contributed by atoms with Gasteiger partial charge >= 0.3 is 0 Å². The van der Waals surface area contributed by atoms with Gasteiger partial charge in [0.1, 0.15) is 0 Å². The van der Waals surface area contributed by atoms with Crippen molar-refractivity contribution in [3.8, 4) is 0 Å². The molecule has 4 nitrogen and oxygen atoms in total. The van der Waals surface area contributed by atoms with E-state index in [1.807, 2.05) is 20.8 Å². The highest BCUT2D eigenvalue weighted by Gasteiger charge is 2.22. The first kappa shape index (κ1) is 15.0. The van der Waals surface area contributed by atoms with E-state index in [1.165, 1.54) is 6.07 Å². The fourth-order valence-corrected chi connectivity index (χ4v) is 2.92. The van der Waals surface area contributed by atoms with Crippen molar-refractivity contribution in [2.45, 2.75) is 39.0 Å². The first-order chi connectivity index (χ1) is 8.18. The van der Waals surface area contributed by atoms with Gasteiger partial charge in [0, 0.05) is 12.2 Å². The van der Waals surface area contributed by atoms with Gasteiger partial charge in [-0.25, -0.2) is 13.1 Å². The number of nitrogens with one attached hydrogen (secondary N) is 1. The first-order valence-electron chi connectivity index (χ1n) is 6.04. The predicted octanol–water partition coefficient (Wildman–Crippen LogP) is 2.29. The van der Waals surface area contributed by atoms with Crippen molar-refractivity contribution in [1.82, 2.24) is 4.72 Å². The van der Waals surface area contributed by atoms with Gasteiger partial charge in [0.05, 0.1) is 4.90 Å². The summed E-state index contributed by atoms with van der Waals surface area (Å²) in [6.07, 6.45) is 0.908. The molecule has 102 valence electrons. The van der Waals surface area contributed by atoms with Gasteiger partial charge in [-0.1, -0.05) is 26.8 Å². The molecule has 0 saturated heterocycles. The first-order valence-corrected chi connectivity index (χ1v) is 7.52. The molecule has 0 radical (unpaired) electrons. The second-order valence-electron chi connectivity index (χ2n) is 5.37. The van der Waals surface area contributed by atoms with E-state index >= 15 is 0 Å². The van der Waals surface area contributed by atoms with Gasteiger partial charge < -0.3 is 5.73 Å². The van der Waals surface area contributed by atoms with Gasteiger partial charge in [-0.3, -0.25) is 0 Å². The number of benzene rings is 1. The minimum absolute atomic E-state index is 0.0543. The topological polar surface area (TPSA) is 72.2 Å². The molecule has 0 bridgehead atoms. The molecule has 3 N–H and O–H groups in total. The average Bonchev–Trinajstić information content (AvgIpc) is 2.30. The molecule has 0 spiro atoms. The molecular formula is C13H22N2O2S. The zero-order valence-electron chi connectivity index (χ0n) is 11.4. The van der Waals surface area contributed by atoms with E-state index in [1.54, 1.807) is 19.1 Å².